The fourth-order valence-electron chi connectivity index (χ4n) is 5.92. The highest BCUT2D eigenvalue weighted by Gasteiger charge is 2.41. The quantitative estimate of drug-likeness (QED) is 0.726. The van der Waals surface area contributed by atoms with Gasteiger partial charge in [0.2, 0.25) is 0 Å². The highest BCUT2D eigenvalue weighted by molar-refractivity contribution is 6.09. The van der Waals surface area contributed by atoms with Gasteiger partial charge in [-0.25, -0.2) is 9.98 Å². The zero-order valence-corrected chi connectivity index (χ0v) is 20.2. The number of carbonyl (C=O) groups is 1. The largest absolute Gasteiger partial charge is 0.496 e. The average Bonchev–Trinajstić information content (AvgIpc) is 3.65. The number of benzene rings is 1. The summed E-state index contributed by atoms with van der Waals surface area (Å²) in [7, 11) is 1.68. The fourth-order valence-corrected chi connectivity index (χ4v) is 5.92. The first-order valence-electron chi connectivity index (χ1n) is 12.6. The van der Waals surface area contributed by atoms with Crippen LogP contribution in [0.4, 0.5) is 11.5 Å². The van der Waals surface area contributed by atoms with Gasteiger partial charge in [-0.05, 0) is 55.4 Å². The fraction of sp³-hybridized carbons (Fsp3) is 0.519. The second kappa shape index (κ2) is 9.24. The van der Waals surface area contributed by atoms with Gasteiger partial charge >= 0.3 is 0 Å². The Morgan fingerprint density at radius 1 is 1.17 bits per heavy atom. The number of hydrogen-bond acceptors (Lipinski definition) is 7. The van der Waals surface area contributed by atoms with Gasteiger partial charge in [0.1, 0.15) is 17.4 Å². The van der Waals surface area contributed by atoms with Crippen LogP contribution in [-0.4, -0.2) is 63.4 Å². The number of carbonyl (C=O) groups excluding carboxylic acids is 1. The lowest BCUT2D eigenvalue weighted by atomic mass is 9.87. The summed E-state index contributed by atoms with van der Waals surface area (Å²) >= 11 is 0. The van der Waals surface area contributed by atoms with Crippen molar-refractivity contribution in [3.8, 4) is 5.75 Å². The Bertz CT molecular complexity index is 1150. The van der Waals surface area contributed by atoms with Crippen molar-refractivity contribution in [3.05, 3.63) is 47.2 Å². The number of amidine groups is 1. The first kappa shape index (κ1) is 22.5. The molecule has 8 nitrogen and oxygen atoms in total. The molecule has 1 atom stereocenters. The van der Waals surface area contributed by atoms with Crippen molar-refractivity contribution < 1.29 is 19.0 Å². The third kappa shape index (κ3) is 4.29. The van der Waals surface area contributed by atoms with E-state index in [1.54, 1.807) is 19.4 Å². The van der Waals surface area contributed by atoms with Gasteiger partial charge in [0, 0.05) is 62.1 Å². The van der Waals surface area contributed by atoms with E-state index in [0.717, 1.165) is 88.0 Å². The summed E-state index contributed by atoms with van der Waals surface area (Å²) in [4.78, 5) is 24.9. The molecule has 35 heavy (non-hydrogen) atoms. The molecule has 0 aliphatic carbocycles. The molecule has 3 saturated heterocycles. The van der Waals surface area contributed by atoms with Crippen LogP contribution in [0.3, 0.4) is 0 Å². The van der Waals surface area contributed by atoms with Gasteiger partial charge in [-0.2, -0.15) is 0 Å². The van der Waals surface area contributed by atoms with E-state index >= 15 is 0 Å². The number of anilines is 1. The molecule has 4 aliphatic heterocycles. The zero-order chi connectivity index (χ0) is 23.8. The number of nitrogens with zero attached hydrogens (tertiary/aromatic N) is 3. The summed E-state index contributed by atoms with van der Waals surface area (Å²) in [6, 6.07) is 7.80. The van der Waals surface area contributed by atoms with Crippen molar-refractivity contribution in [3.63, 3.8) is 0 Å². The van der Waals surface area contributed by atoms with E-state index in [2.05, 4.69) is 21.3 Å². The van der Waals surface area contributed by atoms with E-state index in [-0.39, 0.29) is 11.3 Å². The molecule has 0 saturated carbocycles. The molecule has 1 N–H and O–H groups in total. The molecular formula is C27H32N4O4. The summed E-state index contributed by atoms with van der Waals surface area (Å²) < 4.78 is 16.8. The lowest BCUT2D eigenvalue weighted by molar-refractivity contribution is 0.0854. The van der Waals surface area contributed by atoms with Gasteiger partial charge < -0.3 is 24.4 Å². The molecular weight excluding hydrogens is 444 g/mol. The first-order valence-corrected chi connectivity index (χ1v) is 12.6. The predicted octanol–water partition coefficient (Wildman–Crippen LogP) is 3.62. The molecule has 4 aliphatic rings. The monoisotopic (exact) mass is 476 g/mol. The van der Waals surface area contributed by atoms with Crippen LogP contribution in [0, 0.1) is 5.41 Å². The summed E-state index contributed by atoms with van der Waals surface area (Å²) in [6.07, 6.45) is 6.45. The van der Waals surface area contributed by atoms with Crippen LogP contribution < -0.4 is 15.0 Å². The standard InChI is InChI=1S/C27H32N4O4/c1-33-22-3-2-20(18-5-11-34-12-6-18)25-21(22)15-23(29-25)30-26(32)19-4-9-28-24(14-19)31-10-7-27(16-31)8-13-35-17-27/h2-4,9,14,18H,5-8,10-13,15-17H2,1H3,(H,29,30,32). The van der Waals surface area contributed by atoms with Crippen LogP contribution in [-0.2, 0) is 15.9 Å². The van der Waals surface area contributed by atoms with E-state index in [1.807, 2.05) is 12.1 Å². The van der Waals surface area contributed by atoms with Crippen molar-refractivity contribution in [2.24, 2.45) is 10.4 Å². The van der Waals surface area contributed by atoms with Crippen LogP contribution >= 0.6 is 0 Å². The van der Waals surface area contributed by atoms with Crippen LogP contribution in [0.25, 0.3) is 0 Å². The third-order valence-electron chi connectivity index (χ3n) is 7.96. The average molecular weight is 477 g/mol. The van der Waals surface area contributed by atoms with E-state index in [1.165, 1.54) is 5.56 Å². The van der Waals surface area contributed by atoms with Gasteiger partial charge in [0.25, 0.3) is 5.91 Å². The zero-order valence-electron chi connectivity index (χ0n) is 20.2. The second-order valence-electron chi connectivity index (χ2n) is 10.1. The number of pyridine rings is 1. The van der Waals surface area contributed by atoms with E-state index in [0.29, 0.717) is 23.7 Å². The molecule has 6 rings (SSSR count). The normalized spacial score (nSPS) is 24.0. The molecule has 2 aromatic rings. The molecule has 1 unspecified atom stereocenters. The number of nitrogens with one attached hydrogen (secondary N) is 1. The number of fused-ring (bicyclic) bond motifs is 1. The minimum atomic E-state index is -0.162. The number of ether oxygens (including phenoxy) is 3. The maximum Gasteiger partial charge on any atom is 0.256 e. The minimum absolute atomic E-state index is 0.162. The van der Waals surface area contributed by atoms with E-state index in [9.17, 15) is 4.79 Å². The summed E-state index contributed by atoms with van der Waals surface area (Å²) in [5.74, 6) is 2.57. The Labute approximate surface area is 205 Å². The predicted molar refractivity (Wildman–Crippen MR) is 133 cm³/mol. The highest BCUT2D eigenvalue weighted by atomic mass is 16.5. The minimum Gasteiger partial charge on any atom is -0.496 e. The van der Waals surface area contributed by atoms with Crippen LogP contribution in [0.5, 0.6) is 5.75 Å². The number of aromatic nitrogens is 1. The van der Waals surface area contributed by atoms with Gasteiger partial charge in [-0.3, -0.25) is 4.79 Å². The molecule has 0 bridgehead atoms. The summed E-state index contributed by atoms with van der Waals surface area (Å²) in [6.45, 7) is 5.08. The summed E-state index contributed by atoms with van der Waals surface area (Å²) in [5.41, 5.74) is 4.05. The van der Waals surface area contributed by atoms with E-state index in [4.69, 9.17) is 19.2 Å². The van der Waals surface area contributed by atoms with Crippen LogP contribution in [0.2, 0.25) is 0 Å². The molecule has 184 valence electrons. The van der Waals surface area contributed by atoms with Gasteiger partial charge in [0.15, 0.2) is 0 Å². The van der Waals surface area contributed by atoms with Gasteiger partial charge in [0.05, 0.1) is 19.4 Å². The summed E-state index contributed by atoms with van der Waals surface area (Å²) in [5, 5.41) is 3.05. The van der Waals surface area contributed by atoms with E-state index < -0.39 is 0 Å². The number of rotatable bonds is 4. The molecule has 8 heteroatoms. The number of methoxy groups -OCH3 is 1. The van der Waals surface area contributed by atoms with Crippen molar-refractivity contribution in [2.45, 2.75) is 38.0 Å². The maximum atomic E-state index is 13.2. The Morgan fingerprint density at radius 2 is 2.06 bits per heavy atom. The van der Waals surface area contributed by atoms with Crippen molar-refractivity contribution in [1.82, 2.24) is 10.3 Å². The molecule has 1 spiro atoms. The Hall–Kier alpha value is -2.97. The first-order chi connectivity index (χ1) is 17.1. The molecule has 5 heterocycles. The van der Waals surface area contributed by atoms with Crippen molar-refractivity contribution >= 4 is 23.2 Å². The molecule has 3 fully saturated rings. The second-order valence-corrected chi connectivity index (χ2v) is 10.1. The Balaban J connectivity index is 1.19. The van der Waals surface area contributed by atoms with Gasteiger partial charge in [-0.1, -0.05) is 6.07 Å². The molecule has 1 aromatic heterocycles. The van der Waals surface area contributed by atoms with Crippen molar-refractivity contribution in [1.29, 1.82) is 0 Å². The molecule has 1 amide bonds. The highest BCUT2D eigenvalue weighted by Crippen LogP contribution is 2.43. The lowest BCUT2D eigenvalue weighted by Gasteiger charge is -2.24. The Morgan fingerprint density at radius 3 is 2.86 bits per heavy atom. The number of aliphatic imine (C=N–C) groups is 1. The third-order valence-corrected chi connectivity index (χ3v) is 7.96. The van der Waals surface area contributed by atoms with Crippen LogP contribution in [0.1, 0.15) is 53.1 Å². The number of hydrogen-bond donors (Lipinski definition) is 1. The lowest BCUT2D eigenvalue weighted by Crippen LogP contribution is -2.31. The van der Waals surface area contributed by atoms with Gasteiger partial charge in [-0.15, -0.1) is 0 Å². The molecule has 0 radical (unpaired) electrons. The Kier molecular flexibility index (Phi) is 5.94. The van der Waals surface area contributed by atoms with Crippen molar-refractivity contribution in [2.75, 3.05) is 51.5 Å². The topological polar surface area (TPSA) is 85.3 Å². The smallest absolute Gasteiger partial charge is 0.256 e. The van der Waals surface area contributed by atoms with Crippen LogP contribution in [0.15, 0.2) is 35.5 Å². The maximum absolute atomic E-state index is 13.2. The number of amides is 1. The SMILES string of the molecule is COc1ccc(C2CCOCC2)c2c1CC(NC(=O)c1ccnc(N3CCC4(CCOC4)C3)c1)=N2. The molecule has 1 aromatic carbocycles.